The first-order valence-electron chi connectivity index (χ1n) is 14.2. The van der Waals surface area contributed by atoms with Gasteiger partial charge in [0.25, 0.3) is 11.5 Å². The molecular formula is C30H34ClN5O6S. The summed E-state index contributed by atoms with van der Waals surface area (Å²) in [5.74, 6) is -0.898. The zero-order chi connectivity index (χ0) is 30.7. The normalized spacial score (nSPS) is 17.6. The Morgan fingerprint density at radius 2 is 1.74 bits per heavy atom. The van der Waals surface area contributed by atoms with Crippen LogP contribution in [0.15, 0.2) is 64.4 Å². The molecule has 2 aliphatic rings. The number of esters is 1. The van der Waals surface area contributed by atoms with Crippen LogP contribution < -0.4 is 15.4 Å². The molecule has 228 valence electrons. The molecule has 11 nitrogen and oxygen atoms in total. The van der Waals surface area contributed by atoms with Gasteiger partial charge in [-0.2, -0.15) is 9.78 Å². The minimum absolute atomic E-state index is 0.0482. The van der Waals surface area contributed by atoms with Crippen LogP contribution in [0, 0.1) is 5.92 Å². The third-order valence-corrected chi connectivity index (χ3v) is 9.22. The fourth-order valence-electron chi connectivity index (χ4n) is 5.57. The van der Waals surface area contributed by atoms with E-state index in [1.807, 2.05) is 40.1 Å². The van der Waals surface area contributed by atoms with Gasteiger partial charge in [-0.25, -0.2) is 8.42 Å². The van der Waals surface area contributed by atoms with Gasteiger partial charge in [0, 0.05) is 45.5 Å². The van der Waals surface area contributed by atoms with Crippen LogP contribution in [-0.4, -0.2) is 87.1 Å². The number of piperidine rings is 1. The molecule has 3 aromatic rings. The maximum Gasteiger partial charge on any atom is 0.310 e. The molecule has 0 radical (unpaired) electrons. The Bertz CT molecular complexity index is 1670. The molecule has 2 fully saturated rings. The van der Waals surface area contributed by atoms with Gasteiger partial charge < -0.3 is 19.4 Å². The molecule has 5 rings (SSSR count). The first-order valence-corrected chi connectivity index (χ1v) is 16.5. The quantitative estimate of drug-likeness (QED) is 0.364. The highest BCUT2D eigenvalue weighted by Gasteiger charge is 2.33. The summed E-state index contributed by atoms with van der Waals surface area (Å²) in [4.78, 5) is 45.6. The average Bonchev–Trinajstić information content (AvgIpc) is 3.01. The molecule has 43 heavy (non-hydrogen) atoms. The molecule has 2 aliphatic heterocycles. The van der Waals surface area contributed by atoms with E-state index in [9.17, 15) is 22.8 Å². The van der Waals surface area contributed by atoms with Crippen molar-refractivity contribution in [2.45, 2.75) is 24.7 Å². The first kappa shape index (κ1) is 30.6. The lowest BCUT2D eigenvalue weighted by Crippen LogP contribution is -2.50. The summed E-state index contributed by atoms with van der Waals surface area (Å²) in [6.07, 6.45) is 4.19. The first-order chi connectivity index (χ1) is 20.6. The van der Waals surface area contributed by atoms with Gasteiger partial charge in [-0.3, -0.25) is 14.4 Å². The Balaban J connectivity index is 1.41. The zero-order valence-corrected chi connectivity index (χ0v) is 25.7. The molecule has 1 aromatic heterocycles. The van der Waals surface area contributed by atoms with Gasteiger partial charge in [0.2, 0.25) is 0 Å². The highest BCUT2D eigenvalue weighted by Crippen LogP contribution is 2.31. The van der Waals surface area contributed by atoms with Gasteiger partial charge in [0.15, 0.2) is 9.84 Å². The summed E-state index contributed by atoms with van der Waals surface area (Å²) in [5, 5.41) is 4.58. The van der Waals surface area contributed by atoms with Gasteiger partial charge in [-0.15, -0.1) is 0 Å². The number of piperazine rings is 1. The lowest BCUT2D eigenvalue weighted by atomic mass is 9.97. The molecule has 0 spiro atoms. The minimum atomic E-state index is -3.46. The van der Waals surface area contributed by atoms with Crippen molar-refractivity contribution >= 4 is 44.7 Å². The van der Waals surface area contributed by atoms with E-state index in [0.29, 0.717) is 69.4 Å². The number of hydrogen-bond acceptors (Lipinski definition) is 9. The maximum absolute atomic E-state index is 14.0. The molecule has 0 saturated carbocycles. The van der Waals surface area contributed by atoms with Gasteiger partial charge in [-0.05, 0) is 50.1 Å². The van der Waals surface area contributed by atoms with Crippen molar-refractivity contribution in [1.82, 2.24) is 14.7 Å². The van der Waals surface area contributed by atoms with E-state index >= 15 is 0 Å². The van der Waals surface area contributed by atoms with Crippen molar-refractivity contribution in [3.05, 3.63) is 75.7 Å². The molecule has 0 N–H and O–H groups in total. The third-order valence-electron chi connectivity index (χ3n) is 7.80. The number of anilines is 2. The summed E-state index contributed by atoms with van der Waals surface area (Å²) >= 11 is 6.31. The Kier molecular flexibility index (Phi) is 9.07. The van der Waals surface area contributed by atoms with Gasteiger partial charge in [0.05, 0.1) is 45.6 Å². The molecule has 2 saturated heterocycles. The van der Waals surface area contributed by atoms with Crippen molar-refractivity contribution in [1.29, 1.82) is 0 Å². The van der Waals surface area contributed by atoms with Crippen LogP contribution in [0.5, 0.6) is 0 Å². The summed E-state index contributed by atoms with van der Waals surface area (Å²) in [6, 6.07) is 13.3. The number of aromatic nitrogens is 2. The van der Waals surface area contributed by atoms with Crippen LogP contribution in [0.1, 0.15) is 30.1 Å². The van der Waals surface area contributed by atoms with Crippen LogP contribution in [0.2, 0.25) is 5.02 Å². The number of halogens is 1. The molecule has 1 atom stereocenters. The van der Waals surface area contributed by atoms with E-state index < -0.39 is 9.84 Å². The molecule has 13 heteroatoms. The SMILES string of the molecule is CCOC(=O)[C@@H]1CCCN(c2c(N3CCN(C(=O)c4ccc(S(C)(=O)=O)cc4Cl)CC3)cnn(-c3ccccc3)c2=O)C1. The van der Waals surface area contributed by atoms with Gasteiger partial charge in [-0.1, -0.05) is 29.8 Å². The van der Waals surface area contributed by atoms with Crippen LogP contribution in [0.25, 0.3) is 5.69 Å². The fraction of sp³-hybridized carbons (Fsp3) is 0.400. The molecule has 0 bridgehead atoms. The Morgan fingerprint density at radius 3 is 2.40 bits per heavy atom. The fourth-order valence-corrected chi connectivity index (χ4v) is 6.54. The summed E-state index contributed by atoms with van der Waals surface area (Å²) < 4.78 is 30.4. The largest absolute Gasteiger partial charge is 0.466 e. The number of ether oxygens (including phenoxy) is 1. The number of amides is 1. The van der Waals surface area contributed by atoms with Crippen LogP contribution in [-0.2, 0) is 19.4 Å². The van der Waals surface area contributed by atoms with E-state index in [2.05, 4.69) is 5.10 Å². The molecule has 0 unspecified atom stereocenters. The molecular weight excluding hydrogens is 594 g/mol. The molecule has 3 heterocycles. The monoisotopic (exact) mass is 627 g/mol. The Morgan fingerprint density at radius 1 is 1.02 bits per heavy atom. The van der Waals surface area contributed by atoms with Crippen LogP contribution in [0.3, 0.4) is 0 Å². The van der Waals surface area contributed by atoms with E-state index in [1.165, 1.54) is 22.9 Å². The number of carbonyl (C=O) groups excluding carboxylic acids is 2. The van der Waals surface area contributed by atoms with Crippen molar-refractivity contribution < 1.29 is 22.7 Å². The number of hydrogen-bond donors (Lipinski definition) is 0. The highest BCUT2D eigenvalue weighted by atomic mass is 35.5. The second kappa shape index (κ2) is 12.8. The van der Waals surface area contributed by atoms with E-state index in [4.69, 9.17) is 16.3 Å². The van der Waals surface area contributed by atoms with Crippen LogP contribution >= 0.6 is 11.6 Å². The van der Waals surface area contributed by atoms with Crippen molar-refractivity contribution in [2.24, 2.45) is 5.92 Å². The molecule has 0 aliphatic carbocycles. The van der Waals surface area contributed by atoms with E-state index in [-0.39, 0.29) is 38.8 Å². The second-order valence-corrected chi connectivity index (χ2v) is 13.1. The predicted octanol–water partition coefficient (Wildman–Crippen LogP) is 3.03. The number of nitrogens with zero attached hydrogens (tertiary/aromatic N) is 5. The number of carbonyl (C=O) groups is 2. The van der Waals surface area contributed by atoms with Crippen molar-refractivity contribution in [2.75, 3.05) is 61.9 Å². The van der Waals surface area contributed by atoms with Crippen molar-refractivity contribution in [3.63, 3.8) is 0 Å². The summed E-state index contributed by atoms with van der Waals surface area (Å²) in [7, 11) is -3.46. The summed E-state index contributed by atoms with van der Waals surface area (Å²) in [6.45, 7) is 4.63. The number of sulfone groups is 1. The Hall–Kier alpha value is -3.90. The third kappa shape index (κ3) is 6.54. The smallest absolute Gasteiger partial charge is 0.310 e. The standard InChI is InChI=1S/C30H34ClN5O6S/c1-3-42-30(39)21-8-7-13-35(20-21)27-26(19-32-36(29(27)38)22-9-5-4-6-10-22)33-14-16-34(17-15-33)28(37)24-12-11-23(18-25(24)31)43(2,40)41/h4-6,9-12,18-19,21H,3,7-8,13-17,20H2,1-2H3/t21-/m1/s1. The predicted molar refractivity (Wildman–Crippen MR) is 164 cm³/mol. The van der Waals surface area contributed by atoms with Gasteiger partial charge in [0.1, 0.15) is 5.69 Å². The topological polar surface area (TPSA) is 122 Å². The lowest BCUT2D eigenvalue weighted by Gasteiger charge is -2.39. The van der Waals surface area contributed by atoms with E-state index in [1.54, 1.807) is 18.0 Å². The minimum Gasteiger partial charge on any atom is -0.466 e. The zero-order valence-electron chi connectivity index (χ0n) is 24.1. The van der Waals surface area contributed by atoms with Crippen LogP contribution in [0.4, 0.5) is 11.4 Å². The lowest BCUT2D eigenvalue weighted by molar-refractivity contribution is -0.148. The number of rotatable bonds is 7. The summed E-state index contributed by atoms with van der Waals surface area (Å²) in [5.41, 5.74) is 1.68. The second-order valence-electron chi connectivity index (χ2n) is 10.7. The number of para-hydroxylation sites is 1. The number of benzene rings is 2. The highest BCUT2D eigenvalue weighted by molar-refractivity contribution is 7.90. The average molecular weight is 628 g/mol. The van der Waals surface area contributed by atoms with Crippen molar-refractivity contribution in [3.8, 4) is 5.69 Å². The molecule has 1 amide bonds. The Labute approximate surface area is 255 Å². The molecule has 2 aromatic carbocycles. The van der Waals surface area contributed by atoms with Gasteiger partial charge >= 0.3 is 5.97 Å². The maximum atomic E-state index is 14.0. The van der Waals surface area contributed by atoms with E-state index in [0.717, 1.165) is 12.7 Å².